The summed E-state index contributed by atoms with van der Waals surface area (Å²) in [6, 6.07) is 0. The van der Waals surface area contributed by atoms with Gasteiger partial charge in [-0.15, -0.1) is 0 Å². The topological polar surface area (TPSA) is 37.3 Å². The van der Waals surface area contributed by atoms with E-state index in [0.29, 0.717) is 12.8 Å². The number of hydrogen-bond acceptors (Lipinski definition) is 1. The van der Waals surface area contributed by atoms with Crippen molar-refractivity contribution in [3.05, 3.63) is 13.8 Å². The van der Waals surface area contributed by atoms with Crippen LogP contribution in [0.5, 0.6) is 0 Å². The summed E-state index contributed by atoms with van der Waals surface area (Å²) in [6.07, 6.45) is 0.859. The predicted molar refractivity (Wildman–Crippen MR) is 31.1 cm³/mol. The molecule has 0 bridgehead atoms. The van der Waals surface area contributed by atoms with Gasteiger partial charge >= 0.3 is 23.3 Å². The first-order valence-electron chi connectivity index (χ1n) is 2.53. The number of carboxylic acids is 1. The SMILES string of the molecule is [CH2-]CC(C[CH2-])C(=O)O.[Cr+2]. The molecule has 0 amide bonds. The van der Waals surface area contributed by atoms with E-state index in [0.717, 1.165) is 0 Å². The Morgan fingerprint density at radius 3 is 1.78 bits per heavy atom. The molecule has 0 aromatic rings. The summed E-state index contributed by atoms with van der Waals surface area (Å²) in [6.45, 7) is 6.91. The van der Waals surface area contributed by atoms with Gasteiger partial charge in [-0.25, -0.2) is 0 Å². The van der Waals surface area contributed by atoms with Crippen LogP contribution in [-0.2, 0) is 22.2 Å². The minimum Gasteiger partial charge on any atom is -0.481 e. The van der Waals surface area contributed by atoms with Crippen LogP contribution in [0.2, 0.25) is 0 Å². The van der Waals surface area contributed by atoms with E-state index in [1.165, 1.54) is 0 Å². The minimum atomic E-state index is -0.796. The summed E-state index contributed by atoms with van der Waals surface area (Å²) in [7, 11) is 0. The van der Waals surface area contributed by atoms with Gasteiger partial charge in [-0.1, -0.05) is 0 Å². The summed E-state index contributed by atoms with van der Waals surface area (Å²) < 4.78 is 0. The summed E-state index contributed by atoms with van der Waals surface area (Å²) in [5, 5.41) is 8.29. The maximum atomic E-state index is 10.1. The summed E-state index contributed by atoms with van der Waals surface area (Å²) >= 11 is 0. The van der Waals surface area contributed by atoms with Crippen LogP contribution >= 0.6 is 0 Å². The number of hydrogen-bond donors (Lipinski definition) is 1. The fourth-order valence-corrected chi connectivity index (χ4v) is 0.391. The Kier molecular flexibility index (Phi) is 8.00. The van der Waals surface area contributed by atoms with Crippen LogP contribution in [0.1, 0.15) is 12.8 Å². The van der Waals surface area contributed by atoms with Crippen LogP contribution in [0, 0.1) is 19.8 Å². The Balaban J connectivity index is 0. The molecule has 0 aliphatic heterocycles. The number of rotatable bonds is 3. The van der Waals surface area contributed by atoms with Crippen LogP contribution in [0.15, 0.2) is 0 Å². The monoisotopic (exact) mass is 166 g/mol. The van der Waals surface area contributed by atoms with E-state index in [2.05, 4.69) is 13.8 Å². The molecule has 0 unspecified atom stereocenters. The van der Waals surface area contributed by atoms with Crippen molar-refractivity contribution in [3.8, 4) is 0 Å². The van der Waals surface area contributed by atoms with Gasteiger partial charge < -0.3 is 19.0 Å². The van der Waals surface area contributed by atoms with Gasteiger partial charge in [0.2, 0.25) is 0 Å². The van der Waals surface area contributed by atoms with Crippen molar-refractivity contribution in [1.29, 1.82) is 0 Å². The van der Waals surface area contributed by atoms with Crippen molar-refractivity contribution in [2.45, 2.75) is 12.8 Å². The molecule has 3 heteroatoms. The standard InChI is InChI=1S/C6H10O2.Cr/c1-3-5(4-2)6(7)8;/h5H,1-4H2,(H,7,8);/q-2;+2. The molecular weight excluding hydrogens is 156 g/mol. The fraction of sp³-hybridized carbons (Fsp3) is 0.500. The molecule has 0 radical (unpaired) electrons. The molecule has 9 heavy (non-hydrogen) atoms. The van der Waals surface area contributed by atoms with E-state index < -0.39 is 5.97 Å². The molecule has 2 nitrogen and oxygen atoms in total. The van der Waals surface area contributed by atoms with Gasteiger partial charge in [0.1, 0.15) is 0 Å². The first-order valence-corrected chi connectivity index (χ1v) is 2.53. The van der Waals surface area contributed by atoms with Crippen LogP contribution in [-0.4, -0.2) is 11.1 Å². The Bertz CT molecular complexity index is 79.1. The Hall–Kier alpha value is 0.00247. The first-order chi connectivity index (χ1) is 3.72. The second-order valence-electron chi connectivity index (χ2n) is 1.61. The largest absolute Gasteiger partial charge is 2.00 e. The molecule has 0 fully saturated rings. The van der Waals surface area contributed by atoms with Gasteiger partial charge in [-0.3, -0.25) is 4.79 Å². The van der Waals surface area contributed by atoms with Gasteiger partial charge in [0.25, 0.3) is 0 Å². The average molecular weight is 166 g/mol. The Morgan fingerprint density at radius 1 is 1.44 bits per heavy atom. The van der Waals surface area contributed by atoms with Crippen molar-refractivity contribution in [2.75, 3.05) is 0 Å². The normalized spacial score (nSPS) is 8.78. The summed E-state index contributed by atoms with van der Waals surface area (Å²) in [5.74, 6) is -1.15. The van der Waals surface area contributed by atoms with Crippen molar-refractivity contribution in [1.82, 2.24) is 0 Å². The second kappa shape index (κ2) is 6.13. The molecule has 0 atom stereocenters. The van der Waals surface area contributed by atoms with Crippen molar-refractivity contribution < 1.29 is 27.3 Å². The third-order valence-electron chi connectivity index (χ3n) is 1.05. The molecule has 0 aromatic carbocycles. The third-order valence-corrected chi connectivity index (χ3v) is 1.05. The van der Waals surface area contributed by atoms with Gasteiger partial charge in [0.15, 0.2) is 0 Å². The second-order valence-corrected chi connectivity index (χ2v) is 1.61. The molecule has 0 aromatic heterocycles. The molecule has 0 spiro atoms. The molecule has 1 N–H and O–H groups in total. The molecule has 0 aliphatic rings. The molecule has 52 valence electrons. The van der Waals surface area contributed by atoms with Crippen LogP contribution < -0.4 is 0 Å². The fourth-order valence-electron chi connectivity index (χ4n) is 0.391. The first kappa shape index (κ1) is 11.8. The van der Waals surface area contributed by atoms with Crippen molar-refractivity contribution in [3.63, 3.8) is 0 Å². The van der Waals surface area contributed by atoms with Gasteiger partial charge in [0.05, 0.1) is 0 Å². The summed E-state index contributed by atoms with van der Waals surface area (Å²) in [5.41, 5.74) is 0. The minimum absolute atomic E-state index is 0. The van der Waals surface area contributed by atoms with Gasteiger partial charge in [0, 0.05) is 5.92 Å². The van der Waals surface area contributed by atoms with E-state index in [1.807, 2.05) is 0 Å². The molecule has 0 rings (SSSR count). The zero-order valence-corrected chi connectivity index (χ0v) is 6.44. The zero-order valence-electron chi connectivity index (χ0n) is 5.17. The van der Waals surface area contributed by atoms with E-state index in [9.17, 15) is 4.79 Å². The van der Waals surface area contributed by atoms with Crippen LogP contribution in [0.4, 0.5) is 0 Å². The van der Waals surface area contributed by atoms with Gasteiger partial charge in [-0.05, 0) is 0 Å². The Labute approximate surface area is 66.4 Å². The van der Waals surface area contributed by atoms with Crippen LogP contribution in [0.25, 0.3) is 0 Å². The molecule has 0 saturated heterocycles. The number of carboxylic acid groups (broad SMARTS) is 1. The van der Waals surface area contributed by atoms with E-state index in [1.54, 1.807) is 0 Å². The number of carbonyl (C=O) groups is 1. The zero-order chi connectivity index (χ0) is 6.57. The quantitative estimate of drug-likeness (QED) is 0.638. The molecular formula is C6H10CrO2. The van der Waals surface area contributed by atoms with Crippen molar-refractivity contribution >= 4 is 5.97 Å². The van der Waals surface area contributed by atoms with E-state index in [4.69, 9.17) is 5.11 Å². The third kappa shape index (κ3) is 4.50. The summed E-state index contributed by atoms with van der Waals surface area (Å²) in [4.78, 5) is 10.1. The maximum absolute atomic E-state index is 10.1. The average Bonchev–Trinajstić information content (AvgIpc) is 1.69. The maximum Gasteiger partial charge on any atom is 2.00 e. The van der Waals surface area contributed by atoms with Crippen LogP contribution in [0.3, 0.4) is 0 Å². The predicted octanol–water partition coefficient (Wildman–Crippen LogP) is 1.13. The van der Waals surface area contributed by atoms with Crippen molar-refractivity contribution in [2.24, 2.45) is 5.92 Å². The Morgan fingerprint density at radius 2 is 1.78 bits per heavy atom. The molecule has 0 heterocycles. The molecule has 0 aliphatic carbocycles. The number of aliphatic carboxylic acids is 1. The van der Waals surface area contributed by atoms with E-state index in [-0.39, 0.29) is 23.3 Å². The van der Waals surface area contributed by atoms with Gasteiger partial charge in [-0.2, -0.15) is 12.8 Å². The smallest absolute Gasteiger partial charge is 0.481 e. The van der Waals surface area contributed by atoms with E-state index >= 15 is 0 Å². The molecule has 0 saturated carbocycles.